The van der Waals surface area contributed by atoms with Gasteiger partial charge in [0, 0.05) is 0 Å². The largest absolute Gasteiger partial charge is 0.382 e. The summed E-state index contributed by atoms with van der Waals surface area (Å²) >= 11 is 6.34. The molecule has 0 saturated heterocycles. The second kappa shape index (κ2) is 8.61. The molecule has 0 bridgehead atoms. The zero-order chi connectivity index (χ0) is 24.7. The smallest absolute Gasteiger partial charge is 0.267 e. The molecule has 11 heteroatoms. The van der Waals surface area contributed by atoms with Crippen molar-refractivity contribution in [2.24, 2.45) is 0 Å². The topological polar surface area (TPSA) is 149 Å². The van der Waals surface area contributed by atoms with Crippen LogP contribution < -0.4 is 22.3 Å². The van der Waals surface area contributed by atoms with E-state index in [9.17, 15) is 14.4 Å². The van der Waals surface area contributed by atoms with Gasteiger partial charge in [-0.15, -0.1) is 0 Å². The van der Waals surface area contributed by atoms with E-state index in [1.807, 2.05) is 6.07 Å². The number of anilines is 3. The summed E-state index contributed by atoms with van der Waals surface area (Å²) in [6, 6.07) is 9.06. The van der Waals surface area contributed by atoms with Crippen LogP contribution in [0, 0.1) is 31.0 Å². The van der Waals surface area contributed by atoms with Crippen LogP contribution in [0.3, 0.4) is 0 Å². The van der Waals surface area contributed by atoms with E-state index in [1.165, 1.54) is 16.7 Å². The Morgan fingerprint density at radius 1 is 1.15 bits per heavy atom. The van der Waals surface area contributed by atoms with Gasteiger partial charge >= 0.3 is 0 Å². The Bertz CT molecular complexity index is 1560. The molecule has 172 valence electrons. The van der Waals surface area contributed by atoms with Gasteiger partial charge in [-0.3, -0.25) is 9.36 Å². The second-order valence-electron chi connectivity index (χ2n) is 7.73. The number of halogens is 2. The lowest BCUT2D eigenvalue weighted by Crippen LogP contribution is -2.28. The maximum Gasteiger partial charge on any atom is 0.267 e. The van der Waals surface area contributed by atoms with E-state index in [0.29, 0.717) is 22.3 Å². The molecule has 4 rings (SSSR count). The fourth-order valence-electron chi connectivity index (χ4n) is 3.73. The van der Waals surface area contributed by atoms with Gasteiger partial charge in [0.05, 0.1) is 27.7 Å². The van der Waals surface area contributed by atoms with Gasteiger partial charge in [0.2, 0.25) is 5.95 Å². The molecule has 5 N–H and O–H groups in total. The number of rotatable bonds is 4. The average molecular weight is 479 g/mol. The predicted octanol–water partition coefficient (Wildman–Crippen LogP) is 3.79. The standard InChI is InChI=1S/C23H20ClFN8O/c1-10-11(2)17(8-7-15(10)25)33-21(30-16-6-4-5-14(24)18(16)22(33)34)12(3)29-20-13(9-26)19(27)31-23(28)32-20/h4-8,12H,1-3H3,(H5,27,28,29,31,32)/t12-/m0/s1. The highest BCUT2D eigenvalue weighted by Gasteiger charge is 2.23. The highest BCUT2D eigenvalue weighted by atomic mass is 35.5. The van der Waals surface area contributed by atoms with Crippen molar-refractivity contribution in [3.8, 4) is 11.8 Å². The molecule has 0 saturated carbocycles. The average Bonchev–Trinajstić information content (AvgIpc) is 2.78. The van der Waals surface area contributed by atoms with Gasteiger partial charge in [-0.1, -0.05) is 17.7 Å². The maximum absolute atomic E-state index is 14.2. The first-order valence-electron chi connectivity index (χ1n) is 10.2. The number of nitriles is 1. The maximum atomic E-state index is 14.2. The Morgan fingerprint density at radius 2 is 1.88 bits per heavy atom. The first kappa shape index (κ1) is 22.9. The number of hydrogen-bond acceptors (Lipinski definition) is 8. The molecular formula is C23H20ClFN8O. The van der Waals surface area contributed by atoms with Gasteiger partial charge in [-0.2, -0.15) is 15.2 Å². The van der Waals surface area contributed by atoms with E-state index >= 15 is 0 Å². The fraction of sp³-hybridized carbons (Fsp3) is 0.174. The summed E-state index contributed by atoms with van der Waals surface area (Å²) < 4.78 is 15.6. The predicted molar refractivity (Wildman–Crippen MR) is 129 cm³/mol. The number of aromatic nitrogens is 4. The van der Waals surface area contributed by atoms with Crippen molar-refractivity contribution in [2.45, 2.75) is 26.8 Å². The van der Waals surface area contributed by atoms with Crippen LogP contribution in [0.2, 0.25) is 5.02 Å². The fourth-order valence-corrected chi connectivity index (χ4v) is 3.98. The van der Waals surface area contributed by atoms with Crippen LogP contribution in [0.5, 0.6) is 0 Å². The number of nitrogens with one attached hydrogen (secondary N) is 1. The van der Waals surface area contributed by atoms with Gasteiger partial charge in [0.1, 0.15) is 29.1 Å². The van der Waals surface area contributed by atoms with Crippen molar-refractivity contribution in [2.75, 3.05) is 16.8 Å². The molecule has 0 radical (unpaired) electrons. The number of hydrogen-bond donors (Lipinski definition) is 3. The molecule has 0 aliphatic heterocycles. The van der Waals surface area contributed by atoms with Crippen molar-refractivity contribution >= 4 is 40.1 Å². The molecule has 0 aliphatic carbocycles. The van der Waals surface area contributed by atoms with E-state index in [-0.39, 0.29) is 45.2 Å². The lowest BCUT2D eigenvalue weighted by Gasteiger charge is -2.22. The minimum Gasteiger partial charge on any atom is -0.382 e. The Balaban J connectivity index is 2.00. The molecule has 0 fully saturated rings. The number of nitrogens with zero attached hydrogens (tertiary/aromatic N) is 5. The Labute approximate surface area is 198 Å². The van der Waals surface area contributed by atoms with Crippen LogP contribution in [-0.2, 0) is 0 Å². The molecule has 1 atom stereocenters. The molecule has 2 aromatic heterocycles. The Kier molecular flexibility index (Phi) is 5.81. The van der Waals surface area contributed by atoms with Gasteiger partial charge in [0.25, 0.3) is 5.56 Å². The molecule has 0 spiro atoms. The van der Waals surface area contributed by atoms with Crippen molar-refractivity contribution < 1.29 is 4.39 Å². The Morgan fingerprint density at radius 3 is 2.59 bits per heavy atom. The summed E-state index contributed by atoms with van der Waals surface area (Å²) in [5.41, 5.74) is 12.9. The number of nitrogen functional groups attached to an aromatic ring is 2. The van der Waals surface area contributed by atoms with Gasteiger partial charge in [-0.05, 0) is 56.2 Å². The van der Waals surface area contributed by atoms with Crippen LogP contribution >= 0.6 is 11.6 Å². The molecule has 0 aliphatic rings. The lowest BCUT2D eigenvalue weighted by molar-refractivity contribution is 0.615. The van der Waals surface area contributed by atoms with Crippen molar-refractivity contribution in [1.29, 1.82) is 5.26 Å². The first-order chi connectivity index (χ1) is 16.1. The van der Waals surface area contributed by atoms with Crippen LogP contribution in [0.1, 0.15) is 35.5 Å². The summed E-state index contributed by atoms with van der Waals surface area (Å²) in [6.45, 7) is 5.09. The number of nitrogens with two attached hydrogens (primary N) is 2. The molecule has 34 heavy (non-hydrogen) atoms. The van der Waals surface area contributed by atoms with Gasteiger partial charge in [-0.25, -0.2) is 9.37 Å². The third-order valence-electron chi connectivity index (χ3n) is 5.61. The first-order valence-corrected chi connectivity index (χ1v) is 10.6. The van der Waals surface area contributed by atoms with Gasteiger partial charge < -0.3 is 16.8 Å². The molecule has 0 unspecified atom stereocenters. The highest BCUT2D eigenvalue weighted by Crippen LogP contribution is 2.28. The van der Waals surface area contributed by atoms with Crippen LogP contribution in [0.15, 0.2) is 35.1 Å². The highest BCUT2D eigenvalue weighted by molar-refractivity contribution is 6.35. The van der Waals surface area contributed by atoms with E-state index in [0.717, 1.165) is 0 Å². The van der Waals surface area contributed by atoms with Crippen LogP contribution in [-0.4, -0.2) is 19.5 Å². The second-order valence-corrected chi connectivity index (χ2v) is 8.14. The van der Waals surface area contributed by atoms with E-state index in [2.05, 4.69) is 15.3 Å². The zero-order valence-electron chi connectivity index (χ0n) is 18.5. The summed E-state index contributed by atoms with van der Waals surface area (Å²) in [5, 5.41) is 13.0. The summed E-state index contributed by atoms with van der Waals surface area (Å²) in [6.07, 6.45) is 0. The number of benzene rings is 2. The molecule has 4 aromatic rings. The minimum absolute atomic E-state index is 0.00703. The monoisotopic (exact) mass is 478 g/mol. The molecule has 2 heterocycles. The molecule has 2 aromatic carbocycles. The zero-order valence-corrected chi connectivity index (χ0v) is 19.3. The summed E-state index contributed by atoms with van der Waals surface area (Å²) in [5.74, 6) is -0.205. The minimum atomic E-state index is -0.665. The third kappa shape index (κ3) is 3.76. The Hall–Kier alpha value is -4.23. The molecule has 0 amide bonds. The summed E-state index contributed by atoms with van der Waals surface area (Å²) in [7, 11) is 0. The normalized spacial score (nSPS) is 11.9. The quantitative estimate of drug-likeness (QED) is 0.401. The van der Waals surface area contributed by atoms with Crippen molar-refractivity contribution in [1.82, 2.24) is 19.5 Å². The van der Waals surface area contributed by atoms with Crippen molar-refractivity contribution in [3.63, 3.8) is 0 Å². The molecule has 9 nitrogen and oxygen atoms in total. The molecular weight excluding hydrogens is 459 g/mol. The SMILES string of the molecule is Cc1c(F)ccc(-n2c([C@H](C)Nc3nc(N)nc(N)c3C#N)nc3cccc(Cl)c3c2=O)c1C. The van der Waals surface area contributed by atoms with Crippen LogP contribution in [0.25, 0.3) is 16.6 Å². The van der Waals surface area contributed by atoms with E-state index < -0.39 is 11.6 Å². The van der Waals surface area contributed by atoms with Gasteiger partial charge in [0.15, 0.2) is 5.82 Å². The summed E-state index contributed by atoms with van der Waals surface area (Å²) in [4.78, 5) is 26.3. The third-order valence-corrected chi connectivity index (χ3v) is 5.93. The lowest BCUT2D eigenvalue weighted by atomic mass is 10.1. The number of fused-ring (bicyclic) bond motifs is 1. The van der Waals surface area contributed by atoms with Crippen LogP contribution in [0.4, 0.5) is 22.0 Å². The van der Waals surface area contributed by atoms with E-state index in [1.54, 1.807) is 39.0 Å². The van der Waals surface area contributed by atoms with E-state index in [4.69, 9.17) is 28.1 Å². The van der Waals surface area contributed by atoms with Crippen molar-refractivity contribution in [3.05, 3.63) is 74.0 Å².